The molecule has 0 aromatic heterocycles. The van der Waals surface area contributed by atoms with Crippen molar-refractivity contribution in [2.24, 2.45) is 0 Å². The number of nitrogens with zero attached hydrogens (tertiary/aromatic N) is 1. The average Bonchev–Trinajstić information content (AvgIpc) is 3.14. The zero-order valence-corrected chi connectivity index (χ0v) is 13.7. The van der Waals surface area contributed by atoms with E-state index in [1.807, 2.05) is 36.4 Å². The number of hydrogen-bond acceptors (Lipinski definition) is 2. The first-order valence-corrected chi connectivity index (χ1v) is 8.38. The van der Waals surface area contributed by atoms with Crippen LogP contribution in [0.15, 0.2) is 48.5 Å². The first-order valence-electron chi connectivity index (χ1n) is 8.38. The van der Waals surface area contributed by atoms with Gasteiger partial charge < -0.3 is 5.32 Å². The summed E-state index contributed by atoms with van der Waals surface area (Å²) >= 11 is 0. The van der Waals surface area contributed by atoms with Gasteiger partial charge in [0.05, 0.1) is 6.54 Å². The molecule has 4 heteroatoms. The summed E-state index contributed by atoms with van der Waals surface area (Å²) in [5, 5.41) is 2.90. The summed E-state index contributed by atoms with van der Waals surface area (Å²) in [7, 11) is 0. The Morgan fingerprint density at radius 3 is 2.58 bits per heavy atom. The van der Waals surface area contributed by atoms with Crippen molar-refractivity contribution >= 4 is 11.9 Å². The van der Waals surface area contributed by atoms with Crippen LogP contribution in [0.5, 0.6) is 0 Å². The Kier molecular flexibility index (Phi) is 3.41. The molecule has 3 amide bonds. The van der Waals surface area contributed by atoms with Crippen LogP contribution in [0.2, 0.25) is 0 Å². The van der Waals surface area contributed by atoms with Crippen LogP contribution in [-0.2, 0) is 29.7 Å². The smallest absolute Gasteiger partial charge is 0.319 e. The second kappa shape index (κ2) is 5.48. The van der Waals surface area contributed by atoms with Crippen molar-refractivity contribution < 1.29 is 9.59 Å². The highest BCUT2D eigenvalue weighted by Crippen LogP contribution is 2.33. The lowest BCUT2D eigenvalue weighted by molar-refractivity contribution is -0.131. The third kappa shape index (κ3) is 2.30. The van der Waals surface area contributed by atoms with Gasteiger partial charge in [0.15, 0.2) is 0 Å². The van der Waals surface area contributed by atoms with E-state index in [0.717, 1.165) is 30.4 Å². The molecule has 0 radical (unpaired) electrons. The molecule has 4 rings (SSSR count). The quantitative estimate of drug-likeness (QED) is 0.883. The van der Waals surface area contributed by atoms with Crippen molar-refractivity contribution in [2.45, 2.75) is 38.3 Å². The minimum Gasteiger partial charge on any atom is -0.319 e. The monoisotopic (exact) mass is 320 g/mol. The summed E-state index contributed by atoms with van der Waals surface area (Å²) in [5.74, 6) is -0.186. The van der Waals surface area contributed by atoms with E-state index in [9.17, 15) is 9.59 Å². The Labute approximate surface area is 141 Å². The van der Waals surface area contributed by atoms with Gasteiger partial charge in [0.1, 0.15) is 5.54 Å². The molecule has 4 nitrogen and oxygen atoms in total. The molecule has 1 saturated heterocycles. The number of hydrogen-bond donors (Lipinski definition) is 1. The van der Waals surface area contributed by atoms with Crippen molar-refractivity contribution in [2.75, 3.05) is 0 Å². The molecule has 1 heterocycles. The van der Waals surface area contributed by atoms with Crippen LogP contribution < -0.4 is 5.32 Å². The van der Waals surface area contributed by atoms with Crippen LogP contribution in [0.25, 0.3) is 0 Å². The highest BCUT2D eigenvalue weighted by Gasteiger charge is 2.49. The number of fused-ring (bicyclic) bond motifs is 1. The summed E-state index contributed by atoms with van der Waals surface area (Å²) < 4.78 is 0. The van der Waals surface area contributed by atoms with Gasteiger partial charge in [-0.3, -0.25) is 9.69 Å². The number of aryl methyl sites for hydroxylation is 2. The van der Waals surface area contributed by atoms with Crippen LogP contribution in [0.4, 0.5) is 4.79 Å². The van der Waals surface area contributed by atoms with Crippen LogP contribution in [-0.4, -0.2) is 16.8 Å². The van der Waals surface area contributed by atoms with Gasteiger partial charge in [0.25, 0.3) is 5.91 Å². The van der Waals surface area contributed by atoms with Gasteiger partial charge in [0.2, 0.25) is 0 Å². The molecule has 1 unspecified atom stereocenters. The number of carbonyl (C=O) groups is 2. The molecule has 122 valence electrons. The fourth-order valence-corrected chi connectivity index (χ4v) is 3.69. The Bertz CT molecular complexity index is 816. The lowest BCUT2D eigenvalue weighted by atomic mass is 9.89. The molecular formula is C20H20N2O2. The number of nitrogens with one attached hydrogen (secondary N) is 1. The summed E-state index contributed by atoms with van der Waals surface area (Å²) in [6.07, 6.45) is 3.32. The SMILES string of the molecule is CC1(c2ccc3c(c2)CCC3)NC(=O)N(Cc2ccccc2)C1=O. The van der Waals surface area contributed by atoms with Gasteiger partial charge in [0, 0.05) is 0 Å². The van der Waals surface area contributed by atoms with Crippen LogP contribution >= 0.6 is 0 Å². The summed E-state index contributed by atoms with van der Waals surface area (Å²) in [6.45, 7) is 2.10. The maximum atomic E-state index is 13.0. The number of benzene rings is 2. The van der Waals surface area contributed by atoms with Gasteiger partial charge in [-0.05, 0) is 48.4 Å². The van der Waals surface area contributed by atoms with Crippen molar-refractivity contribution in [3.8, 4) is 0 Å². The normalized spacial score (nSPS) is 22.6. The third-order valence-corrected chi connectivity index (χ3v) is 5.13. The molecule has 2 aromatic rings. The molecule has 1 aliphatic heterocycles. The summed E-state index contributed by atoms with van der Waals surface area (Å²) in [4.78, 5) is 26.7. The highest BCUT2D eigenvalue weighted by atomic mass is 16.2. The van der Waals surface area contributed by atoms with E-state index in [4.69, 9.17) is 0 Å². The Morgan fingerprint density at radius 2 is 1.79 bits per heavy atom. The van der Waals surface area contributed by atoms with Gasteiger partial charge in [-0.15, -0.1) is 0 Å². The van der Waals surface area contributed by atoms with Crippen molar-refractivity contribution in [3.63, 3.8) is 0 Å². The van der Waals surface area contributed by atoms with Crippen molar-refractivity contribution in [3.05, 3.63) is 70.8 Å². The van der Waals surface area contributed by atoms with Gasteiger partial charge in [-0.2, -0.15) is 0 Å². The predicted octanol–water partition coefficient (Wildman–Crippen LogP) is 3.14. The number of rotatable bonds is 3. The fraction of sp³-hybridized carbons (Fsp3) is 0.300. The number of carbonyl (C=O) groups excluding carboxylic acids is 2. The molecule has 2 aliphatic rings. The van der Waals surface area contributed by atoms with Crippen molar-refractivity contribution in [1.29, 1.82) is 0 Å². The number of imide groups is 1. The molecule has 0 saturated carbocycles. The van der Waals surface area contributed by atoms with Gasteiger partial charge in [-0.25, -0.2) is 4.79 Å². The van der Waals surface area contributed by atoms with Gasteiger partial charge in [-0.1, -0.05) is 48.5 Å². The van der Waals surface area contributed by atoms with E-state index in [1.165, 1.54) is 16.0 Å². The summed E-state index contributed by atoms with van der Waals surface area (Å²) in [5.41, 5.74) is 3.50. The van der Waals surface area contributed by atoms with E-state index >= 15 is 0 Å². The summed E-state index contributed by atoms with van der Waals surface area (Å²) in [6, 6.07) is 15.4. The molecular weight excluding hydrogens is 300 g/mol. The maximum absolute atomic E-state index is 13.0. The first-order chi connectivity index (χ1) is 11.6. The topological polar surface area (TPSA) is 49.4 Å². The second-order valence-electron chi connectivity index (χ2n) is 6.77. The lowest BCUT2D eigenvalue weighted by Gasteiger charge is -2.23. The van der Waals surface area contributed by atoms with E-state index in [2.05, 4.69) is 17.4 Å². The molecule has 0 bridgehead atoms. The number of amides is 3. The molecule has 24 heavy (non-hydrogen) atoms. The molecule has 1 aliphatic carbocycles. The Morgan fingerprint density at radius 1 is 1.04 bits per heavy atom. The van der Waals surface area contributed by atoms with Crippen LogP contribution in [0.3, 0.4) is 0 Å². The maximum Gasteiger partial charge on any atom is 0.325 e. The number of urea groups is 1. The van der Waals surface area contributed by atoms with Crippen LogP contribution in [0.1, 0.15) is 35.6 Å². The lowest BCUT2D eigenvalue weighted by Crippen LogP contribution is -2.40. The van der Waals surface area contributed by atoms with Crippen molar-refractivity contribution in [1.82, 2.24) is 10.2 Å². The Balaban J connectivity index is 1.64. The van der Waals surface area contributed by atoms with E-state index in [-0.39, 0.29) is 11.9 Å². The Hall–Kier alpha value is -2.62. The fourth-order valence-electron chi connectivity index (χ4n) is 3.69. The van der Waals surface area contributed by atoms with E-state index in [1.54, 1.807) is 6.92 Å². The van der Waals surface area contributed by atoms with E-state index < -0.39 is 5.54 Å². The minimum atomic E-state index is -0.983. The molecule has 1 fully saturated rings. The third-order valence-electron chi connectivity index (χ3n) is 5.13. The standard InChI is InChI=1S/C20H20N2O2/c1-20(17-11-10-15-8-5-9-16(15)12-17)18(23)22(19(24)21-20)13-14-6-3-2-4-7-14/h2-4,6-7,10-12H,5,8-9,13H2,1H3,(H,21,24). The molecule has 1 atom stereocenters. The highest BCUT2D eigenvalue weighted by molar-refractivity contribution is 6.07. The zero-order valence-electron chi connectivity index (χ0n) is 13.7. The molecule has 0 spiro atoms. The predicted molar refractivity (Wildman–Crippen MR) is 91.3 cm³/mol. The average molecular weight is 320 g/mol. The van der Waals surface area contributed by atoms with E-state index in [0.29, 0.717) is 6.54 Å². The molecule has 1 N–H and O–H groups in total. The minimum absolute atomic E-state index is 0.186. The second-order valence-corrected chi connectivity index (χ2v) is 6.77. The largest absolute Gasteiger partial charge is 0.325 e. The zero-order chi connectivity index (χ0) is 16.7. The van der Waals surface area contributed by atoms with Gasteiger partial charge >= 0.3 is 6.03 Å². The molecule has 2 aromatic carbocycles. The van der Waals surface area contributed by atoms with Crippen LogP contribution in [0, 0.1) is 0 Å². The first kappa shape index (κ1) is 14.9.